The Kier molecular flexibility index (Phi) is 5.71. The first-order chi connectivity index (χ1) is 12.1. The molecule has 1 atom stereocenters. The van der Waals surface area contributed by atoms with Crippen LogP contribution in [0.2, 0.25) is 0 Å². The molecule has 3 rings (SSSR count). The highest BCUT2D eigenvalue weighted by atomic mass is 32.2. The fraction of sp³-hybridized carbons (Fsp3) is 0.263. The molecule has 1 unspecified atom stereocenters. The van der Waals surface area contributed by atoms with Crippen LogP contribution < -0.4 is 5.32 Å². The van der Waals surface area contributed by atoms with E-state index in [0.29, 0.717) is 24.3 Å². The highest BCUT2D eigenvalue weighted by Crippen LogP contribution is 2.27. The van der Waals surface area contributed by atoms with Gasteiger partial charge in [0.2, 0.25) is 5.91 Å². The van der Waals surface area contributed by atoms with Crippen molar-refractivity contribution in [1.82, 2.24) is 15.3 Å². The molecule has 6 heteroatoms. The van der Waals surface area contributed by atoms with Crippen LogP contribution in [-0.2, 0) is 11.2 Å². The first-order valence-corrected chi connectivity index (χ1v) is 9.24. The molecule has 0 radical (unpaired) electrons. The highest BCUT2D eigenvalue weighted by Gasteiger charge is 2.13. The molecule has 25 heavy (non-hydrogen) atoms. The van der Waals surface area contributed by atoms with Crippen LogP contribution >= 0.6 is 11.8 Å². The second kappa shape index (κ2) is 8.16. The van der Waals surface area contributed by atoms with Crippen molar-refractivity contribution in [3.8, 4) is 0 Å². The van der Waals surface area contributed by atoms with E-state index in [1.54, 1.807) is 18.2 Å². The number of thioether (sulfide) groups is 1. The number of nitrogens with zero attached hydrogens (tertiary/aromatic N) is 1. The van der Waals surface area contributed by atoms with Crippen LogP contribution in [0.4, 0.5) is 4.39 Å². The predicted octanol–water partition coefficient (Wildman–Crippen LogP) is 3.86. The highest BCUT2D eigenvalue weighted by molar-refractivity contribution is 8.00. The lowest BCUT2D eigenvalue weighted by Gasteiger charge is -2.09. The van der Waals surface area contributed by atoms with E-state index in [2.05, 4.69) is 15.3 Å². The Labute approximate surface area is 150 Å². The van der Waals surface area contributed by atoms with Crippen molar-refractivity contribution < 1.29 is 9.18 Å². The van der Waals surface area contributed by atoms with Gasteiger partial charge in [0, 0.05) is 6.54 Å². The summed E-state index contributed by atoms with van der Waals surface area (Å²) >= 11 is 1.52. The van der Waals surface area contributed by atoms with E-state index >= 15 is 0 Å². The van der Waals surface area contributed by atoms with Gasteiger partial charge in [-0.05, 0) is 37.1 Å². The Bertz CT molecular complexity index is 832. The first kappa shape index (κ1) is 17.5. The van der Waals surface area contributed by atoms with Crippen LogP contribution in [0.15, 0.2) is 48.5 Å². The van der Waals surface area contributed by atoms with Gasteiger partial charge < -0.3 is 10.3 Å². The number of hydrogen-bond donors (Lipinski definition) is 2. The van der Waals surface area contributed by atoms with E-state index in [4.69, 9.17) is 0 Å². The van der Waals surface area contributed by atoms with Gasteiger partial charge in [0.25, 0.3) is 0 Å². The number of nitrogens with one attached hydrogen (secondary N) is 2. The Balaban J connectivity index is 1.44. The van der Waals surface area contributed by atoms with Gasteiger partial charge in [-0.25, -0.2) is 9.37 Å². The summed E-state index contributed by atoms with van der Waals surface area (Å²) in [5.41, 5.74) is 2.55. The fourth-order valence-corrected chi connectivity index (χ4v) is 3.31. The number of halogens is 1. The summed E-state index contributed by atoms with van der Waals surface area (Å²) in [7, 11) is 0. The number of aromatic amines is 1. The van der Waals surface area contributed by atoms with Crippen LogP contribution in [-0.4, -0.2) is 28.2 Å². The summed E-state index contributed by atoms with van der Waals surface area (Å²) in [6.07, 6.45) is 0.488. The monoisotopic (exact) mass is 357 g/mol. The van der Waals surface area contributed by atoms with Crippen molar-refractivity contribution in [2.45, 2.75) is 18.6 Å². The minimum Gasteiger partial charge on any atom is -0.355 e. The summed E-state index contributed by atoms with van der Waals surface area (Å²) in [6.45, 7) is 2.45. The molecule has 0 aliphatic heterocycles. The van der Waals surface area contributed by atoms with Gasteiger partial charge in [0.05, 0.1) is 22.0 Å². The smallest absolute Gasteiger partial charge is 0.230 e. The number of rotatable bonds is 7. The first-order valence-electron chi connectivity index (χ1n) is 8.20. The van der Waals surface area contributed by atoms with E-state index in [1.165, 1.54) is 17.8 Å². The van der Waals surface area contributed by atoms with Crippen molar-refractivity contribution in [2.75, 3.05) is 12.3 Å². The third-order valence-corrected chi connectivity index (χ3v) is 5.08. The molecule has 0 spiro atoms. The number of fused-ring (bicyclic) bond motifs is 1. The van der Waals surface area contributed by atoms with Crippen molar-refractivity contribution in [1.29, 1.82) is 0 Å². The second-order valence-electron chi connectivity index (χ2n) is 5.78. The largest absolute Gasteiger partial charge is 0.355 e. The van der Waals surface area contributed by atoms with Crippen molar-refractivity contribution in [2.24, 2.45) is 0 Å². The lowest BCUT2D eigenvalue weighted by Crippen LogP contribution is -2.27. The third kappa shape index (κ3) is 4.60. The molecule has 130 valence electrons. The van der Waals surface area contributed by atoms with Gasteiger partial charge in [-0.1, -0.05) is 30.3 Å². The summed E-state index contributed by atoms with van der Waals surface area (Å²) in [4.78, 5) is 19.8. The third-order valence-electron chi connectivity index (χ3n) is 3.93. The van der Waals surface area contributed by atoms with Crippen molar-refractivity contribution in [3.63, 3.8) is 0 Å². The molecule has 1 heterocycles. The molecule has 0 saturated heterocycles. The number of amides is 1. The van der Waals surface area contributed by atoms with Gasteiger partial charge in [0.15, 0.2) is 0 Å². The summed E-state index contributed by atoms with van der Waals surface area (Å²) < 4.78 is 13.5. The van der Waals surface area contributed by atoms with E-state index in [9.17, 15) is 9.18 Å². The van der Waals surface area contributed by atoms with E-state index in [0.717, 1.165) is 16.9 Å². The molecule has 4 nitrogen and oxygen atoms in total. The maximum Gasteiger partial charge on any atom is 0.230 e. The molecule has 0 aliphatic carbocycles. The van der Waals surface area contributed by atoms with Crippen LogP contribution in [0, 0.1) is 5.82 Å². The number of imidazole rings is 1. The zero-order chi connectivity index (χ0) is 17.6. The maximum absolute atomic E-state index is 13.5. The molecule has 0 aliphatic rings. The van der Waals surface area contributed by atoms with Crippen LogP contribution in [0.25, 0.3) is 11.0 Å². The molecule has 3 aromatic rings. The molecule has 0 bridgehead atoms. The fourth-order valence-electron chi connectivity index (χ4n) is 2.53. The number of hydrogen-bond acceptors (Lipinski definition) is 3. The van der Waals surface area contributed by atoms with Gasteiger partial charge in [-0.3, -0.25) is 4.79 Å². The Hall–Kier alpha value is -2.34. The molecule has 2 N–H and O–H groups in total. The minimum atomic E-state index is -0.232. The summed E-state index contributed by atoms with van der Waals surface area (Å²) in [6, 6.07) is 14.5. The lowest BCUT2D eigenvalue weighted by atomic mass is 10.1. The molecular weight excluding hydrogens is 337 g/mol. The summed E-state index contributed by atoms with van der Waals surface area (Å²) in [5.74, 6) is 0.925. The molecule has 0 saturated carbocycles. The second-order valence-corrected chi connectivity index (χ2v) is 7.11. The normalized spacial score (nSPS) is 12.2. The average Bonchev–Trinajstić information content (AvgIpc) is 3.05. The van der Waals surface area contributed by atoms with E-state index < -0.39 is 0 Å². The number of benzene rings is 2. The van der Waals surface area contributed by atoms with Crippen LogP contribution in [0.3, 0.4) is 0 Å². The van der Waals surface area contributed by atoms with Crippen LogP contribution in [0.5, 0.6) is 0 Å². The van der Waals surface area contributed by atoms with Gasteiger partial charge >= 0.3 is 0 Å². The SMILES string of the molecule is CC(SCC(=O)NCCc1ccccc1F)c1nc2ccccc2[nH]1. The number of H-pyrrole nitrogens is 1. The number of aromatic nitrogens is 2. The van der Waals surface area contributed by atoms with Gasteiger partial charge in [0.1, 0.15) is 11.6 Å². The molecular formula is C19H20FN3OS. The van der Waals surface area contributed by atoms with E-state index in [1.807, 2.05) is 31.2 Å². The molecule has 2 aromatic carbocycles. The Morgan fingerprint density at radius 2 is 2.00 bits per heavy atom. The minimum absolute atomic E-state index is 0.0516. The van der Waals surface area contributed by atoms with E-state index in [-0.39, 0.29) is 17.0 Å². The quantitative estimate of drug-likeness (QED) is 0.675. The van der Waals surface area contributed by atoms with Gasteiger partial charge in [-0.2, -0.15) is 0 Å². The average molecular weight is 357 g/mol. The number of para-hydroxylation sites is 2. The Morgan fingerprint density at radius 3 is 2.80 bits per heavy atom. The summed E-state index contributed by atoms with van der Waals surface area (Å²) in [5, 5.41) is 2.92. The predicted molar refractivity (Wildman–Crippen MR) is 100 cm³/mol. The van der Waals surface area contributed by atoms with Crippen molar-refractivity contribution >= 4 is 28.7 Å². The van der Waals surface area contributed by atoms with Crippen molar-refractivity contribution in [3.05, 3.63) is 65.7 Å². The zero-order valence-electron chi connectivity index (χ0n) is 14.0. The lowest BCUT2D eigenvalue weighted by molar-refractivity contribution is -0.118. The topological polar surface area (TPSA) is 57.8 Å². The molecule has 0 fully saturated rings. The number of carbonyl (C=O) groups excluding carboxylic acids is 1. The Morgan fingerprint density at radius 1 is 1.24 bits per heavy atom. The zero-order valence-corrected chi connectivity index (χ0v) is 14.8. The number of carbonyl (C=O) groups is 1. The standard InChI is InChI=1S/C19H20FN3OS/c1-13(19-22-16-8-4-5-9-17(16)23-19)25-12-18(24)21-11-10-14-6-2-3-7-15(14)20/h2-9,13H,10-12H2,1H3,(H,21,24)(H,22,23). The molecule has 1 aromatic heterocycles. The molecule has 1 amide bonds. The van der Waals surface area contributed by atoms with Gasteiger partial charge in [-0.15, -0.1) is 11.8 Å². The maximum atomic E-state index is 13.5. The van der Waals surface area contributed by atoms with Crippen LogP contribution in [0.1, 0.15) is 23.6 Å².